The van der Waals surface area contributed by atoms with Gasteiger partial charge in [0.05, 0.1) is 11.4 Å². The van der Waals surface area contributed by atoms with Gasteiger partial charge in [-0.3, -0.25) is 10.1 Å². The minimum atomic E-state index is -0.370. The van der Waals surface area contributed by atoms with Crippen LogP contribution in [0.5, 0.6) is 0 Å². The van der Waals surface area contributed by atoms with E-state index in [1.54, 1.807) is 36.9 Å². The standard InChI is InChI=1S/C14H13ClN6OS2/c1-3-23-14-18-17-13(24-14)16-12(22)11-8(2)19-21(20-11)10-6-4-5-9(15)7-10/h4-7H,3H2,1-2H3,(H,16,17,22). The van der Waals surface area contributed by atoms with Crippen molar-refractivity contribution < 1.29 is 4.79 Å². The van der Waals surface area contributed by atoms with Gasteiger partial charge in [-0.1, -0.05) is 47.7 Å². The van der Waals surface area contributed by atoms with Crippen molar-refractivity contribution in [2.75, 3.05) is 11.1 Å². The van der Waals surface area contributed by atoms with Gasteiger partial charge < -0.3 is 0 Å². The number of thioether (sulfide) groups is 1. The Bertz CT molecular complexity index is 878. The molecule has 7 nitrogen and oxygen atoms in total. The number of benzene rings is 1. The van der Waals surface area contributed by atoms with Crippen molar-refractivity contribution in [3.05, 3.63) is 40.7 Å². The molecule has 0 radical (unpaired) electrons. The number of carbonyl (C=O) groups is 1. The number of hydrogen-bond donors (Lipinski definition) is 1. The van der Waals surface area contributed by atoms with E-state index in [0.29, 0.717) is 21.5 Å². The first-order valence-corrected chi connectivity index (χ1v) is 9.22. The summed E-state index contributed by atoms with van der Waals surface area (Å²) < 4.78 is 0.812. The summed E-state index contributed by atoms with van der Waals surface area (Å²) in [5.74, 6) is 0.528. The minimum absolute atomic E-state index is 0.231. The van der Waals surface area contributed by atoms with E-state index >= 15 is 0 Å². The van der Waals surface area contributed by atoms with Gasteiger partial charge >= 0.3 is 0 Å². The zero-order valence-corrected chi connectivity index (χ0v) is 15.2. The Kier molecular flexibility index (Phi) is 5.12. The number of anilines is 1. The van der Waals surface area contributed by atoms with E-state index in [0.717, 1.165) is 10.1 Å². The van der Waals surface area contributed by atoms with Crippen molar-refractivity contribution >= 4 is 45.7 Å². The van der Waals surface area contributed by atoms with Crippen LogP contribution in [0.15, 0.2) is 28.6 Å². The first-order valence-electron chi connectivity index (χ1n) is 7.04. The molecule has 1 aromatic carbocycles. The van der Waals surface area contributed by atoms with E-state index < -0.39 is 0 Å². The first-order chi connectivity index (χ1) is 11.6. The van der Waals surface area contributed by atoms with Crippen molar-refractivity contribution in [1.82, 2.24) is 25.2 Å². The molecule has 0 aliphatic rings. The number of halogens is 1. The average Bonchev–Trinajstić information content (AvgIpc) is 3.14. The molecule has 124 valence electrons. The molecule has 0 saturated carbocycles. The molecule has 1 N–H and O–H groups in total. The maximum Gasteiger partial charge on any atom is 0.279 e. The lowest BCUT2D eigenvalue weighted by atomic mass is 10.3. The Morgan fingerprint density at radius 1 is 1.38 bits per heavy atom. The zero-order chi connectivity index (χ0) is 17.1. The van der Waals surface area contributed by atoms with Gasteiger partial charge in [0.2, 0.25) is 5.13 Å². The molecule has 0 atom stereocenters. The molecular formula is C14H13ClN6OS2. The molecule has 0 unspecified atom stereocenters. The Balaban J connectivity index is 1.80. The number of nitrogens with zero attached hydrogens (tertiary/aromatic N) is 5. The van der Waals surface area contributed by atoms with Gasteiger partial charge in [-0.25, -0.2) is 0 Å². The highest BCUT2D eigenvalue weighted by Gasteiger charge is 2.18. The smallest absolute Gasteiger partial charge is 0.279 e. The van der Waals surface area contributed by atoms with Crippen molar-refractivity contribution in [3.8, 4) is 5.69 Å². The van der Waals surface area contributed by atoms with Crippen molar-refractivity contribution in [2.24, 2.45) is 0 Å². The van der Waals surface area contributed by atoms with Crippen LogP contribution in [0.1, 0.15) is 23.1 Å². The fourth-order valence-electron chi connectivity index (χ4n) is 1.90. The van der Waals surface area contributed by atoms with Crippen LogP contribution in [0.2, 0.25) is 5.02 Å². The van der Waals surface area contributed by atoms with Gasteiger partial charge in [-0.15, -0.1) is 15.3 Å². The number of hydrogen-bond acceptors (Lipinski definition) is 7. The van der Waals surface area contributed by atoms with Crippen LogP contribution >= 0.6 is 34.7 Å². The Morgan fingerprint density at radius 3 is 2.96 bits per heavy atom. The van der Waals surface area contributed by atoms with Crippen LogP contribution in [0.3, 0.4) is 0 Å². The molecular weight excluding hydrogens is 368 g/mol. The molecule has 0 aliphatic carbocycles. The number of nitrogens with one attached hydrogen (secondary N) is 1. The van der Waals surface area contributed by atoms with Gasteiger partial charge in [0.15, 0.2) is 10.0 Å². The summed E-state index contributed by atoms with van der Waals surface area (Å²) >= 11 is 8.88. The van der Waals surface area contributed by atoms with Crippen LogP contribution in [-0.4, -0.2) is 36.9 Å². The van der Waals surface area contributed by atoms with E-state index in [1.165, 1.54) is 16.1 Å². The second-order valence-corrected chi connectivity index (χ2v) is 7.59. The molecule has 10 heteroatoms. The van der Waals surface area contributed by atoms with E-state index in [2.05, 4.69) is 25.7 Å². The van der Waals surface area contributed by atoms with Crippen molar-refractivity contribution in [2.45, 2.75) is 18.2 Å². The molecule has 0 saturated heterocycles. The zero-order valence-electron chi connectivity index (χ0n) is 12.9. The van der Waals surface area contributed by atoms with E-state index in [9.17, 15) is 4.79 Å². The molecule has 3 aromatic rings. The predicted molar refractivity (Wildman–Crippen MR) is 95.4 cm³/mol. The van der Waals surface area contributed by atoms with Gasteiger partial charge in [0, 0.05) is 5.02 Å². The Labute approximate surface area is 151 Å². The number of aromatic nitrogens is 5. The maximum absolute atomic E-state index is 12.4. The summed E-state index contributed by atoms with van der Waals surface area (Å²) in [6, 6.07) is 7.09. The number of amides is 1. The fraction of sp³-hybridized carbons (Fsp3) is 0.214. The van der Waals surface area contributed by atoms with Gasteiger partial charge in [0.1, 0.15) is 0 Å². The summed E-state index contributed by atoms with van der Waals surface area (Å²) in [6.07, 6.45) is 0. The third-order valence-corrected chi connectivity index (χ3v) is 5.02. The maximum atomic E-state index is 12.4. The van der Waals surface area contributed by atoms with Gasteiger partial charge in [0.25, 0.3) is 5.91 Å². The summed E-state index contributed by atoms with van der Waals surface area (Å²) in [5.41, 5.74) is 1.43. The predicted octanol–water partition coefficient (Wildman–Crippen LogP) is 3.44. The second kappa shape index (κ2) is 7.29. The quantitative estimate of drug-likeness (QED) is 0.539. The molecule has 3 rings (SSSR count). The summed E-state index contributed by atoms with van der Waals surface area (Å²) in [5, 5.41) is 20.2. The molecule has 0 fully saturated rings. The lowest BCUT2D eigenvalue weighted by Gasteiger charge is -1.99. The molecule has 2 heterocycles. The summed E-state index contributed by atoms with van der Waals surface area (Å²) in [6.45, 7) is 3.75. The van der Waals surface area contributed by atoms with E-state index in [1.807, 2.05) is 13.0 Å². The highest BCUT2D eigenvalue weighted by Crippen LogP contribution is 2.25. The van der Waals surface area contributed by atoms with Crippen LogP contribution in [0.25, 0.3) is 5.69 Å². The lowest BCUT2D eigenvalue weighted by molar-refractivity contribution is 0.102. The molecule has 0 bridgehead atoms. The lowest BCUT2D eigenvalue weighted by Crippen LogP contribution is -2.14. The molecule has 2 aromatic heterocycles. The van der Waals surface area contributed by atoms with Crippen molar-refractivity contribution in [3.63, 3.8) is 0 Å². The Morgan fingerprint density at radius 2 is 2.21 bits per heavy atom. The summed E-state index contributed by atoms with van der Waals surface area (Å²) in [7, 11) is 0. The largest absolute Gasteiger partial charge is 0.295 e. The van der Waals surface area contributed by atoms with Crippen molar-refractivity contribution in [1.29, 1.82) is 0 Å². The monoisotopic (exact) mass is 380 g/mol. The normalized spacial score (nSPS) is 10.8. The van der Waals surface area contributed by atoms with Gasteiger partial charge in [-0.05, 0) is 30.9 Å². The highest BCUT2D eigenvalue weighted by molar-refractivity contribution is 8.01. The number of rotatable bonds is 5. The van der Waals surface area contributed by atoms with E-state index in [4.69, 9.17) is 11.6 Å². The van der Waals surface area contributed by atoms with Gasteiger partial charge in [-0.2, -0.15) is 9.90 Å². The molecule has 0 aliphatic heterocycles. The molecule has 0 spiro atoms. The topological polar surface area (TPSA) is 85.6 Å². The average molecular weight is 381 g/mol. The molecule has 1 amide bonds. The van der Waals surface area contributed by atoms with Crippen LogP contribution < -0.4 is 5.32 Å². The SMILES string of the molecule is CCSc1nnc(NC(=O)c2nn(-c3cccc(Cl)c3)nc2C)s1. The minimum Gasteiger partial charge on any atom is -0.295 e. The third kappa shape index (κ3) is 3.74. The second-order valence-electron chi connectivity index (χ2n) is 4.66. The van der Waals surface area contributed by atoms with Crippen LogP contribution in [0, 0.1) is 6.92 Å². The Hall–Kier alpha value is -1.97. The highest BCUT2D eigenvalue weighted by atomic mass is 35.5. The van der Waals surface area contributed by atoms with Crippen LogP contribution in [0.4, 0.5) is 5.13 Å². The van der Waals surface area contributed by atoms with E-state index in [-0.39, 0.29) is 11.6 Å². The number of aryl methyl sites for hydroxylation is 1. The molecule has 24 heavy (non-hydrogen) atoms. The number of carbonyl (C=O) groups excluding carboxylic acids is 1. The summed E-state index contributed by atoms with van der Waals surface area (Å²) in [4.78, 5) is 13.8. The third-order valence-electron chi connectivity index (χ3n) is 2.93. The fourth-order valence-corrected chi connectivity index (χ4v) is 3.73. The van der Waals surface area contributed by atoms with Crippen LogP contribution in [-0.2, 0) is 0 Å². The first kappa shape index (κ1) is 16.9.